The van der Waals surface area contributed by atoms with Crippen LogP contribution in [0, 0.1) is 32.1 Å². The summed E-state index contributed by atoms with van der Waals surface area (Å²) in [4.78, 5) is 11.6. The molecule has 9 heteroatoms. The molecule has 0 aliphatic carbocycles. The van der Waals surface area contributed by atoms with Gasteiger partial charge in [0.05, 0.1) is 5.69 Å². The molecule has 1 amide bonds. The number of allylic oxidation sites excluding steroid dienone is 1. The average molecular weight is 325 g/mol. The number of H-pyrrole nitrogens is 1. The molecule has 1 aromatic heterocycles. The molecule has 0 atom stereocenters. The standard InChI is InChI=1S/C15H15N7O2/c1-7-8(2)14-13(18-11(23)6-24-14)9(3)12(7)17-5-10(4-16)15-19-21-22-20-15/h5,17H,6H2,1-3H3,(H,18,23)(H,19,20,21,22). The van der Waals surface area contributed by atoms with Crippen LogP contribution < -0.4 is 15.4 Å². The number of carbonyl (C=O) groups excluding carboxylic acids is 1. The lowest BCUT2D eigenvalue weighted by molar-refractivity contribution is -0.118. The summed E-state index contributed by atoms with van der Waals surface area (Å²) in [7, 11) is 0. The van der Waals surface area contributed by atoms with Gasteiger partial charge in [-0.3, -0.25) is 4.79 Å². The van der Waals surface area contributed by atoms with Crippen molar-refractivity contribution in [1.29, 1.82) is 5.26 Å². The fourth-order valence-corrected chi connectivity index (χ4v) is 2.55. The van der Waals surface area contributed by atoms with E-state index in [2.05, 4.69) is 31.3 Å². The van der Waals surface area contributed by atoms with E-state index in [9.17, 15) is 10.1 Å². The smallest absolute Gasteiger partial charge is 0.262 e. The first-order valence-electron chi connectivity index (χ1n) is 7.20. The molecule has 3 rings (SSSR count). The molecule has 2 heterocycles. The Balaban J connectivity index is 2.03. The molecule has 1 aliphatic rings. The second-order valence-electron chi connectivity index (χ2n) is 5.34. The van der Waals surface area contributed by atoms with Crippen molar-refractivity contribution in [1.82, 2.24) is 20.6 Å². The quantitative estimate of drug-likeness (QED) is 0.728. The summed E-state index contributed by atoms with van der Waals surface area (Å²) in [6.45, 7) is 5.75. The van der Waals surface area contributed by atoms with Gasteiger partial charge in [-0.25, -0.2) is 0 Å². The number of hydrogen-bond donors (Lipinski definition) is 3. The van der Waals surface area contributed by atoms with Crippen molar-refractivity contribution < 1.29 is 9.53 Å². The van der Waals surface area contributed by atoms with E-state index in [0.29, 0.717) is 11.4 Å². The Bertz CT molecular complexity index is 878. The zero-order chi connectivity index (χ0) is 17.3. The van der Waals surface area contributed by atoms with Crippen molar-refractivity contribution in [3.8, 4) is 11.8 Å². The summed E-state index contributed by atoms with van der Waals surface area (Å²) in [5.41, 5.74) is 4.37. The Kier molecular flexibility index (Phi) is 3.87. The molecule has 2 aromatic rings. The van der Waals surface area contributed by atoms with Crippen LogP contribution in [0.25, 0.3) is 5.57 Å². The van der Waals surface area contributed by atoms with Crippen molar-refractivity contribution in [2.75, 3.05) is 17.2 Å². The van der Waals surface area contributed by atoms with Gasteiger partial charge in [0.15, 0.2) is 6.61 Å². The molecular weight excluding hydrogens is 310 g/mol. The van der Waals surface area contributed by atoms with Gasteiger partial charge in [0.2, 0.25) is 5.82 Å². The molecule has 0 fully saturated rings. The summed E-state index contributed by atoms with van der Waals surface area (Å²) in [6.07, 6.45) is 1.51. The number of carbonyl (C=O) groups is 1. The van der Waals surface area contributed by atoms with Gasteiger partial charge in [-0.2, -0.15) is 10.5 Å². The highest BCUT2D eigenvalue weighted by Gasteiger charge is 2.24. The number of hydrogen-bond acceptors (Lipinski definition) is 7. The highest BCUT2D eigenvalue weighted by molar-refractivity contribution is 5.98. The third kappa shape index (κ3) is 2.54. The zero-order valence-electron chi connectivity index (χ0n) is 13.4. The molecule has 24 heavy (non-hydrogen) atoms. The third-order valence-electron chi connectivity index (χ3n) is 3.93. The molecule has 0 radical (unpaired) electrons. The van der Waals surface area contributed by atoms with E-state index < -0.39 is 0 Å². The van der Waals surface area contributed by atoms with Crippen LogP contribution in [0.1, 0.15) is 22.5 Å². The van der Waals surface area contributed by atoms with Crippen molar-refractivity contribution in [3.05, 3.63) is 28.7 Å². The molecule has 0 spiro atoms. The summed E-state index contributed by atoms with van der Waals surface area (Å²) in [5, 5.41) is 28.5. The van der Waals surface area contributed by atoms with Crippen LogP contribution in [-0.2, 0) is 4.79 Å². The number of nitrogens with one attached hydrogen (secondary N) is 3. The van der Waals surface area contributed by atoms with Gasteiger partial charge in [-0.1, -0.05) is 0 Å². The summed E-state index contributed by atoms with van der Waals surface area (Å²) in [5.74, 6) is 0.685. The number of aromatic nitrogens is 4. The van der Waals surface area contributed by atoms with E-state index in [1.54, 1.807) is 0 Å². The Hall–Kier alpha value is -3.41. The van der Waals surface area contributed by atoms with Crippen LogP contribution in [0.2, 0.25) is 0 Å². The van der Waals surface area contributed by atoms with E-state index in [1.165, 1.54) is 6.20 Å². The highest BCUT2D eigenvalue weighted by Crippen LogP contribution is 2.41. The number of anilines is 2. The predicted molar refractivity (Wildman–Crippen MR) is 86.2 cm³/mol. The van der Waals surface area contributed by atoms with Crippen LogP contribution >= 0.6 is 0 Å². The molecule has 0 saturated carbocycles. The van der Waals surface area contributed by atoms with Crippen molar-refractivity contribution in [2.24, 2.45) is 0 Å². The molecule has 0 bridgehead atoms. The topological polar surface area (TPSA) is 129 Å². The van der Waals surface area contributed by atoms with Gasteiger partial charge in [0.1, 0.15) is 17.4 Å². The molecule has 0 unspecified atom stereocenters. The minimum Gasteiger partial charge on any atom is -0.481 e. The first-order valence-corrected chi connectivity index (χ1v) is 7.20. The lowest BCUT2D eigenvalue weighted by atomic mass is 9.99. The van der Waals surface area contributed by atoms with Gasteiger partial charge < -0.3 is 15.4 Å². The molecule has 1 aliphatic heterocycles. The Labute approximate surface area is 137 Å². The second-order valence-corrected chi connectivity index (χ2v) is 5.34. The Morgan fingerprint density at radius 2 is 2.12 bits per heavy atom. The fraction of sp³-hybridized carbons (Fsp3) is 0.267. The maximum Gasteiger partial charge on any atom is 0.262 e. The molecule has 9 nitrogen and oxygen atoms in total. The lowest BCUT2D eigenvalue weighted by Crippen LogP contribution is -2.27. The van der Waals surface area contributed by atoms with Gasteiger partial charge >= 0.3 is 0 Å². The molecule has 122 valence electrons. The van der Waals surface area contributed by atoms with E-state index in [0.717, 1.165) is 22.4 Å². The number of amides is 1. The normalized spacial score (nSPS) is 13.6. The highest BCUT2D eigenvalue weighted by atomic mass is 16.5. The zero-order valence-corrected chi connectivity index (χ0v) is 13.4. The van der Waals surface area contributed by atoms with E-state index in [-0.39, 0.29) is 23.9 Å². The maximum atomic E-state index is 11.6. The van der Waals surface area contributed by atoms with Gasteiger partial charge in [0, 0.05) is 17.5 Å². The largest absolute Gasteiger partial charge is 0.481 e. The van der Waals surface area contributed by atoms with Crippen LogP contribution in [0.4, 0.5) is 11.4 Å². The predicted octanol–water partition coefficient (Wildman–Crippen LogP) is 1.43. The number of tetrazole rings is 1. The minimum atomic E-state index is -0.195. The van der Waals surface area contributed by atoms with Crippen LogP contribution in [-0.4, -0.2) is 33.1 Å². The fourth-order valence-electron chi connectivity index (χ4n) is 2.55. The first kappa shape index (κ1) is 15.5. The second kappa shape index (κ2) is 6.00. The number of fused-ring (bicyclic) bond motifs is 1. The first-order chi connectivity index (χ1) is 11.5. The molecular formula is C15H15N7O2. The Morgan fingerprint density at radius 1 is 1.33 bits per heavy atom. The van der Waals surface area contributed by atoms with E-state index in [4.69, 9.17) is 4.74 Å². The van der Waals surface area contributed by atoms with Crippen LogP contribution in [0.15, 0.2) is 6.20 Å². The van der Waals surface area contributed by atoms with Crippen molar-refractivity contribution in [2.45, 2.75) is 20.8 Å². The molecule has 0 saturated heterocycles. The summed E-state index contributed by atoms with van der Waals surface area (Å²) < 4.78 is 5.55. The lowest BCUT2D eigenvalue weighted by Gasteiger charge is -2.25. The Morgan fingerprint density at radius 3 is 2.79 bits per heavy atom. The molecule has 3 N–H and O–H groups in total. The van der Waals surface area contributed by atoms with Crippen molar-refractivity contribution in [3.63, 3.8) is 0 Å². The average Bonchev–Trinajstić information content (AvgIpc) is 3.10. The maximum absolute atomic E-state index is 11.6. The monoisotopic (exact) mass is 325 g/mol. The summed E-state index contributed by atoms with van der Waals surface area (Å²) >= 11 is 0. The number of nitriles is 1. The SMILES string of the molecule is Cc1c(C)c2c(c(C)c1NC=C(C#N)c1nn[nH]n1)NC(=O)CO2. The third-order valence-corrected chi connectivity index (χ3v) is 3.93. The number of rotatable bonds is 3. The van der Waals surface area contributed by atoms with Crippen molar-refractivity contribution >= 4 is 22.9 Å². The minimum absolute atomic E-state index is 0.00973. The van der Waals surface area contributed by atoms with Gasteiger partial charge in [-0.15, -0.1) is 10.2 Å². The number of nitrogens with zero attached hydrogens (tertiary/aromatic N) is 4. The van der Waals surface area contributed by atoms with Crippen LogP contribution in [0.5, 0.6) is 5.75 Å². The van der Waals surface area contributed by atoms with Crippen LogP contribution in [0.3, 0.4) is 0 Å². The van der Waals surface area contributed by atoms with Gasteiger partial charge in [-0.05, 0) is 37.1 Å². The van der Waals surface area contributed by atoms with E-state index >= 15 is 0 Å². The number of benzene rings is 1. The molecule has 1 aromatic carbocycles. The summed E-state index contributed by atoms with van der Waals surface area (Å²) in [6, 6.07) is 2.02. The number of ether oxygens (including phenoxy) is 1. The van der Waals surface area contributed by atoms with E-state index in [1.807, 2.05) is 26.8 Å². The number of aromatic amines is 1. The van der Waals surface area contributed by atoms with Gasteiger partial charge in [0.25, 0.3) is 5.91 Å².